The van der Waals surface area contributed by atoms with Gasteiger partial charge in [-0.3, -0.25) is 9.78 Å². The predicted octanol–water partition coefficient (Wildman–Crippen LogP) is 5.69. The average molecular weight is 375 g/mol. The fraction of sp³-hybridized carbons (Fsp3) is 0.440. The molecule has 0 amide bonds. The quantitative estimate of drug-likeness (QED) is 0.631. The highest BCUT2D eigenvalue weighted by Crippen LogP contribution is 2.66. The molecule has 1 aromatic rings. The molecular weight excluding hydrogens is 349 g/mol. The molecule has 2 nitrogen and oxygen atoms in total. The monoisotopic (exact) mass is 375 g/mol. The third-order valence-corrected chi connectivity index (χ3v) is 8.13. The summed E-state index contributed by atoms with van der Waals surface area (Å²) in [5.41, 5.74) is 4.39. The van der Waals surface area contributed by atoms with Gasteiger partial charge in [-0.2, -0.15) is 0 Å². The van der Waals surface area contributed by atoms with Gasteiger partial charge in [-0.1, -0.05) is 38.2 Å². The molecule has 4 aliphatic rings. The first-order chi connectivity index (χ1) is 13.3. The van der Waals surface area contributed by atoms with Gasteiger partial charge in [0, 0.05) is 11.6 Å². The van der Waals surface area contributed by atoms with Gasteiger partial charge in [0.05, 0.1) is 6.20 Å². The van der Waals surface area contributed by atoms with Gasteiger partial charge in [0.15, 0.2) is 5.78 Å². The van der Waals surface area contributed by atoms with E-state index in [0.717, 1.165) is 42.4 Å². The van der Waals surface area contributed by atoms with Crippen molar-refractivity contribution in [3.63, 3.8) is 0 Å². The molecule has 1 heterocycles. The summed E-state index contributed by atoms with van der Waals surface area (Å²) in [5, 5.41) is 0. The zero-order chi connectivity index (χ0) is 19.7. The predicted molar refractivity (Wildman–Crippen MR) is 109 cm³/mol. The summed E-state index contributed by atoms with van der Waals surface area (Å²) in [4.78, 5) is 16.1. The van der Waals surface area contributed by atoms with Crippen molar-refractivity contribution in [1.29, 1.82) is 0 Å². The highest BCUT2D eigenvalue weighted by molar-refractivity contribution is 6.01. The molecule has 0 aliphatic heterocycles. The minimum atomic E-state index is -0.274. The third-order valence-electron chi connectivity index (χ3n) is 8.13. The van der Waals surface area contributed by atoms with Crippen LogP contribution in [0.1, 0.15) is 45.1 Å². The summed E-state index contributed by atoms with van der Waals surface area (Å²) in [5.74, 6) is 1.37. The number of nitrogens with zero attached hydrogens (tertiary/aromatic N) is 1. The Hall–Kier alpha value is -2.29. The zero-order valence-electron chi connectivity index (χ0n) is 16.5. The van der Waals surface area contributed by atoms with Crippen molar-refractivity contribution in [2.45, 2.75) is 39.5 Å². The minimum Gasteiger partial charge on any atom is -0.290 e. The first-order valence-electron chi connectivity index (χ1n) is 10.3. The molecule has 0 bridgehead atoms. The number of rotatable bonds is 1. The smallest absolute Gasteiger partial charge is 0.178 e. The van der Waals surface area contributed by atoms with E-state index in [2.05, 4.69) is 37.6 Å². The molecule has 0 radical (unpaired) electrons. The second-order valence-corrected chi connectivity index (χ2v) is 9.46. The van der Waals surface area contributed by atoms with E-state index in [1.165, 1.54) is 11.8 Å². The second-order valence-electron chi connectivity index (χ2n) is 9.46. The van der Waals surface area contributed by atoms with Crippen molar-refractivity contribution in [2.24, 2.45) is 28.6 Å². The Morgan fingerprint density at radius 2 is 2.04 bits per heavy atom. The Morgan fingerprint density at radius 1 is 1.21 bits per heavy atom. The summed E-state index contributed by atoms with van der Waals surface area (Å²) in [6.45, 7) is 9.00. The van der Waals surface area contributed by atoms with Crippen molar-refractivity contribution < 1.29 is 9.18 Å². The number of fused-ring (bicyclic) bond motifs is 5. The third kappa shape index (κ3) is 2.31. The van der Waals surface area contributed by atoms with E-state index < -0.39 is 0 Å². The molecular formula is C25H26FNO. The molecule has 3 heteroatoms. The van der Waals surface area contributed by atoms with Crippen LogP contribution in [0.2, 0.25) is 0 Å². The Morgan fingerprint density at radius 3 is 2.82 bits per heavy atom. The second kappa shape index (κ2) is 5.85. The van der Waals surface area contributed by atoms with Gasteiger partial charge in [-0.05, 0) is 83.8 Å². The van der Waals surface area contributed by atoms with Crippen molar-refractivity contribution in [3.05, 3.63) is 71.9 Å². The molecule has 28 heavy (non-hydrogen) atoms. The van der Waals surface area contributed by atoms with Gasteiger partial charge >= 0.3 is 0 Å². The van der Waals surface area contributed by atoms with Crippen molar-refractivity contribution in [1.82, 2.24) is 4.98 Å². The summed E-state index contributed by atoms with van der Waals surface area (Å²) < 4.78 is 13.8. The number of aromatic nitrogens is 1. The SMILES string of the molecule is C=C1C[C@@H]2[C@H](CC[C@]3(C)C(c4cncc(F)c4)=CC[C@@H]23)[C@@]2(C)C=CC(=O)C=C12. The van der Waals surface area contributed by atoms with Gasteiger partial charge < -0.3 is 0 Å². The zero-order valence-corrected chi connectivity index (χ0v) is 16.5. The first kappa shape index (κ1) is 17.8. The van der Waals surface area contributed by atoms with Crippen LogP contribution in [0.15, 0.2) is 60.5 Å². The number of hydrogen-bond acceptors (Lipinski definition) is 2. The number of ketones is 1. The topological polar surface area (TPSA) is 30.0 Å². The van der Waals surface area contributed by atoms with Crippen molar-refractivity contribution >= 4 is 11.4 Å². The lowest BCUT2D eigenvalue weighted by molar-refractivity contribution is -0.110. The average Bonchev–Trinajstić information content (AvgIpc) is 3.01. The maximum absolute atomic E-state index is 13.8. The van der Waals surface area contributed by atoms with Crippen LogP contribution in [0, 0.1) is 34.4 Å². The summed E-state index contributed by atoms with van der Waals surface area (Å²) in [6.07, 6.45) is 15.2. The molecule has 1 aromatic heterocycles. The van der Waals surface area contributed by atoms with Crippen LogP contribution in [-0.2, 0) is 4.79 Å². The number of carbonyl (C=O) groups excluding carboxylic acids is 1. The number of hydrogen-bond donors (Lipinski definition) is 0. The van der Waals surface area contributed by atoms with E-state index in [1.54, 1.807) is 18.3 Å². The van der Waals surface area contributed by atoms with Gasteiger partial charge in [0.2, 0.25) is 0 Å². The number of pyridine rings is 1. The van der Waals surface area contributed by atoms with Crippen LogP contribution in [0.4, 0.5) is 4.39 Å². The van der Waals surface area contributed by atoms with E-state index in [-0.39, 0.29) is 22.4 Å². The molecule has 0 spiro atoms. The number of carbonyl (C=O) groups is 1. The van der Waals surface area contributed by atoms with Crippen LogP contribution in [0.25, 0.3) is 5.57 Å². The lowest BCUT2D eigenvalue weighted by Gasteiger charge is -2.57. The van der Waals surface area contributed by atoms with Crippen LogP contribution < -0.4 is 0 Å². The standard InChI is InChI=1S/C25H26FNO/c1-15-10-19-21-5-4-20(16-11-17(26)14-27-13-16)24(21,2)9-7-22(19)25(3)8-6-18(28)12-23(15)25/h4,6,8,11-14,19,21-22H,1,5,7,9-10H2,2-3H3/t19-,21-,22-,24+,25+/m0/s1. The van der Waals surface area contributed by atoms with Gasteiger partial charge in [0.1, 0.15) is 5.82 Å². The lowest BCUT2D eigenvalue weighted by Crippen LogP contribution is -2.49. The maximum atomic E-state index is 13.8. The molecule has 144 valence electrons. The summed E-state index contributed by atoms with van der Waals surface area (Å²) in [6, 6.07) is 1.62. The van der Waals surface area contributed by atoms with Crippen molar-refractivity contribution in [3.8, 4) is 0 Å². The van der Waals surface area contributed by atoms with E-state index in [1.807, 2.05) is 6.08 Å². The molecule has 4 aliphatic carbocycles. The fourth-order valence-electron chi connectivity index (χ4n) is 6.78. The van der Waals surface area contributed by atoms with Gasteiger partial charge in [-0.25, -0.2) is 4.39 Å². The molecule has 2 fully saturated rings. The van der Waals surface area contributed by atoms with Crippen LogP contribution in [0.3, 0.4) is 0 Å². The number of allylic oxidation sites excluding steroid dienone is 7. The maximum Gasteiger partial charge on any atom is 0.178 e. The molecule has 0 N–H and O–H groups in total. The van der Waals surface area contributed by atoms with Crippen LogP contribution >= 0.6 is 0 Å². The van der Waals surface area contributed by atoms with Crippen LogP contribution in [-0.4, -0.2) is 10.8 Å². The van der Waals surface area contributed by atoms with Gasteiger partial charge in [-0.15, -0.1) is 0 Å². The minimum absolute atomic E-state index is 0.0443. The normalized spacial score (nSPS) is 39.0. The molecule has 0 aromatic carbocycles. The lowest BCUT2D eigenvalue weighted by atomic mass is 9.47. The Balaban J connectivity index is 1.52. The van der Waals surface area contributed by atoms with E-state index >= 15 is 0 Å². The first-order valence-corrected chi connectivity index (χ1v) is 10.3. The molecule has 0 saturated heterocycles. The molecule has 2 saturated carbocycles. The van der Waals surface area contributed by atoms with E-state index in [0.29, 0.717) is 17.8 Å². The molecule has 5 rings (SSSR count). The van der Waals surface area contributed by atoms with Crippen LogP contribution in [0.5, 0.6) is 0 Å². The Kier molecular flexibility index (Phi) is 3.72. The van der Waals surface area contributed by atoms with Gasteiger partial charge in [0.25, 0.3) is 0 Å². The summed E-state index contributed by atoms with van der Waals surface area (Å²) >= 11 is 0. The fourth-order valence-corrected chi connectivity index (χ4v) is 6.78. The molecule has 0 unspecified atom stereocenters. The van der Waals surface area contributed by atoms with Crippen molar-refractivity contribution in [2.75, 3.05) is 0 Å². The highest BCUT2D eigenvalue weighted by Gasteiger charge is 2.57. The summed E-state index contributed by atoms with van der Waals surface area (Å²) in [7, 11) is 0. The molecule has 5 atom stereocenters. The van der Waals surface area contributed by atoms with E-state index in [4.69, 9.17) is 0 Å². The Bertz CT molecular complexity index is 986. The number of halogens is 1. The Labute approximate surface area is 165 Å². The largest absolute Gasteiger partial charge is 0.290 e. The van der Waals surface area contributed by atoms with E-state index in [9.17, 15) is 9.18 Å². The highest BCUT2D eigenvalue weighted by atomic mass is 19.1.